The average Bonchev–Trinajstić information content (AvgIpc) is 2.11. The lowest BCUT2D eigenvalue weighted by atomic mass is 9.86. The van der Waals surface area contributed by atoms with Crippen molar-refractivity contribution in [3.05, 3.63) is 0 Å². The lowest BCUT2D eigenvalue weighted by molar-refractivity contribution is 0.322. The highest BCUT2D eigenvalue weighted by molar-refractivity contribution is 5.82. The fourth-order valence-corrected chi connectivity index (χ4v) is 1.24. The molecule has 2 heteroatoms. The molecule has 1 aliphatic heterocycles. The average molecular weight is 140 g/mol. The second-order valence-electron chi connectivity index (χ2n) is 4.04. The van der Waals surface area contributed by atoms with E-state index in [1.54, 1.807) is 0 Å². The molecule has 0 aromatic carbocycles. The van der Waals surface area contributed by atoms with Crippen molar-refractivity contribution in [2.24, 2.45) is 16.1 Å². The molecule has 0 radical (unpaired) electrons. The van der Waals surface area contributed by atoms with Gasteiger partial charge in [-0.05, 0) is 11.8 Å². The SMILES string of the molecule is CC(C)(C)C1CCC(N)=N1. The third kappa shape index (κ3) is 1.49. The summed E-state index contributed by atoms with van der Waals surface area (Å²) in [5.41, 5.74) is 5.86. The van der Waals surface area contributed by atoms with Gasteiger partial charge in [-0.2, -0.15) is 0 Å². The molecule has 0 fully saturated rings. The Bertz CT molecular complexity index is 153. The predicted octanol–water partition coefficient (Wildman–Crippen LogP) is 1.55. The van der Waals surface area contributed by atoms with E-state index in [0.29, 0.717) is 11.5 Å². The summed E-state index contributed by atoms with van der Waals surface area (Å²) in [6, 6.07) is 0.451. The molecule has 0 saturated carbocycles. The van der Waals surface area contributed by atoms with Crippen LogP contribution in [0, 0.1) is 5.41 Å². The standard InChI is InChI=1S/C8H16N2/c1-8(2,3)6-4-5-7(9)10-6/h6H,4-5H2,1-3H3,(H2,9,10). The summed E-state index contributed by atoms with van der Waals surface area (Å²) in [6.45, 7) is 6.62. The molecule has 0 bridgehead atoms. The summed E-state index contributed by atoms with van der Waals surface area (Å²) in [7, 11) is 0. The fraction of sp³-hybridized carbons (Fsp3) is 0.875. The van der Waals surface area contributed by atoms with Crippen LogP contribution in [-0.4, -0.2) is 11.9 Å². The molecule has 2 nitrogen and oxygen atoms in total. The van der Waals surface area contributed by atoms with Gasteiger partial charge in [0.15, 0.2) is 0 Å². The van der Waals surface area contributed by atoms with Crippen LogP contribution in [0.4, 0.5) is 0 Å². The molecule has 1 heterocycles. The largest absolute Gasteiger partial charge is 0.387 e. The van der Waals surface area contributed by atoms with Crippen LogP contribution in [0.3, 0.4) is 0 Å². The van der Waals surface area contributed by atoms with Crippen LogP contribution < -0.4 is 5.73 Å². The Morgan fingerprint density at radius 2 is 2.10 bits per heavy atom. The monoisotopic (exact) mass is 140 g/mol. The summed E-state index contributed by atoms with van der Waals surface area (Å²) < 4.78 is 0. The van der Waals surface area contributed by atoms with Gasteiger partial charge in [0, 0.05) is 6.42 Å². The number of rotatable bonds is 0. The Morgan fingerprint density at radius 1 is 1.50 bits per heavy atom. The molecule has 1 unspecified atom stereocenters. The molecule has 0 aromatic heterocycles. The van der Waals surface area contributed by atoms with Gasteiger partial charge in [0.25, 0.3) is 0 Å². The molecule has 1 rings (SSSR count). The molecule has 0 aliphatic carbocycles. The highest BCUT2D eigenvalue weighted by atomic mass is 14.9. The van der Waals surface area contributed by atoms with E-state index in [4.69, 9.17) is 5.73 Å². The Morgan fingerprint density at radius 3 is 2.30 bits per heavy atom. The molecule has 1 atom stereocenters. The minimum Gasteiger partial charge on any atom is -0.387 e. The molecule has 10 heavy (non-hydrogen) atoms. The maximum atomic E-state index is 5.57. The third-order valence-electron chi connectivity index (χ3n) is 2.00. The van der Waals surface area contributed by atoms with Crippen molar-refractivity contribution < 1.29 is 0 Å². The first kappa shape index (κ1) is 7.58. The van der Waals surface area contributed by atoms with Crippen molar-refractivity contribution in [1.29, 1.82) is 0 Å². The van der Waals surface area contributed by atoms with Gasteiger partial charge in [-0.3, -0.25) is 4.99 Å². The number of amidine groups is 1. The number of aliphatic imine (C=N–C) groups is 1. The summed E-state index contributed by atoms with van der Waals surface area (Å²) in [5, 5.41) is 0. The third-order valence-corrected chi connectivity index (χ3v) is 2.00. The van der Waals surface area contributed by atoms with E-state index in [1.807, 2.05) is 0 Å². The molecular weight excluding hydrogens is 124 g/mol. The second-order valence-corrected chi connectivity index (χ2v) is 4.04. The van der Waals surface area contributed by atoms with Crippen LogP contribution >= 0.6 is 0 Å². The lowest BCUT2D eigenvalue weighted by Crippen LogP contribution is -2.21. The van der Waals surface area contributed by atoms with Gasteiger partial charge in [-0.1, -0.05) is 20.8 Å². The van der Waals surface area contributed by atoms with Crippen LogP contribution in [0.2, 0.25) is 0 Å². The van der Waals surface area contributed by atoms with Crippen molar-refractivity contribution in [3.63, 3.8) is 0 Å². The maximum Gasteiger partial charge on any atom is 0.0941 e. The number of nitrogens with zero attached hydrogens (tertiary/aromatic N) is 1. The van der Waals surface area contributed by atoms with Gasteiger partial charge in [-0.15, -0.1) is 0 Å². The van der Waals surface area contributed by atoms with Gasteiger partial charge < -0.3 is 5.73 Å². The molecule has 0 aromatic rings. The maximum absolute atomic E-state index is 5.57. The van der Waals surface area contributed by atoms with E-state index in [-0.39, 0.29) is 0 Å². The van der Waals surface area contributed by atoms with E-state index >= 15 is 0 Å². The predicted molar refractivity (Wildman–Crippen MR) is 44.1 cm³/mol. The zero-order valence-corrected chi connectivity index (χ0v) is 7.02. The lowest BCUT2D eigenvalue weighted by Gasteiger charge is -2.23. The Kier molecular flexibility index (Phi) is 1.71. The second kappa shape index (κ2) is 2.26. The van der Waals surface area contributed by atoms with Crippen molar-refractivity contribution in [3.8, 4) is 0 Å². The molecule has 2 N–H and O–H groups in total. The highest BCUT2D eigenvalue weighted by Gasteiger charge is 2.27. The fourth-order valence-electron chi connectivity index (χ4n) is 1.24. The quantitative estimate of drug-likeness (QED) is 0.544. The number of hydrogen-bond donors (Lipinski definition) is 1. The van der Waals surface area contributed by atoms with Gasteiger partial charge in [0.1, 0.15) is 0 Å². The Labute approximate surface area is 62.5 Å². The zero-order chi connectivity index (χ0) is 7.78. The Balaban J connectivity index is 2.61. The van der Waals surface area contributed by atoms with E-state index < -0.39 is 0 Å². The van der Waals surface area contributed by atoms with Crippen LogP contribution in [0.5, 0.6) is 0 Å². The van der Waals surface area contributed by atoms with Crippen LogP contribution in [-0.2, 0) is 0 Å². The molecule has 0 saturated heterocycles. The van der Waals surface area contributed by atoms with E-state index in [1.165, 1.54) is 0 Å². The first-order chi connectivity index (χ1) is 4.50. The van der Waals surface area contributed by atoms with Gasteiger partial charge in [0.2, 0.25) is 0 Å². The molecule has 0 amide bonds. The number of nitrogens with two attached hydrogens (primary N) is 1. The smallest absolute Gasteiger partial charge is 0.0941 e. The van der Waals surface area contributed by atoms with Crippen LogP contribution in [0.1, 0.15) is 33.6 Å². The van der Waals surface area contributed by atoms with E-state index in [0.717, 1.165) is 18.7 Å². The first-order valence-electron chi connectivity index (χ1n) is 3.82. The highest BCUT2D eigenvalue weighted by Crippen LogP contribution is 2.29. The van der Waals surface area contributed by atoms with Crippen molar-refractivity contribution >= 4 is 5.84 Å². The summed E-state index contributed by atoms with van der Waals surface area (Å²) in [5.74, 6) is 0.833. The molecular formula is C8H16N2. The zero-order valence-electron chi connectivity index (χ0n) is 7.02. The van der Waals surface area contributed by atoms with Gasteiger partial charge in [-0.25, -0.2) is 0 Å². The van der Waals surface area contributed by atoms with Crippen molar-refractivity contribution in [2.45, 2.75) is 39.7 Å². The minimum atomic E-state index is 0.293. The summed E-state index contributed by atoms with van der Waals surface area (Å²) in [4.78, 5) is 4.35. The van der Waals surface area contributed by atoms with Crippen LogP contribution in [0.15, 0.2) is 4.99 Å². The molecule has 0 spiro atoms. The summed E-state index contributed by atoms with van der Waals surface area (Å²) in [6.07, 6.45) is 2.12. The van der Waals surface area contributed by atoms with E-state index in [2.05, 4.69) is 25.8 Å². The Hall–Kier alpha value is -0.530. The van der Waals surface area contributed by atoms with Crippen molar-refractivity contribution in [2.75, 3.05) is 0 Å². The van der Waals surface area contributed by atoms with Gasteiger partial charge >= 0.3 is 0 Å². The van der Waals surface area contributed by atoms with Gasteiger partial charge in [0.05, 0.1) is 11.9 Å². The van der Waals surface area contributed by atoms with Crippen LogP contribution in [0.25, 0.3) is 0 Å². The summed E-state index contributed by atoms with van der Waals surface area (Å²) >= 11 is 0. The molecule has 58 valence electrons. The minimum absolute atomic E-state index is 0.293. The first-order valence-corrected chi connectivity index (χ1v) is 3.82. The van der Waals surface area contributed by atoms with Crippen molar-refractivity contribution in [1.82, 2.24) is 0 Å². The number of hydrogen-bond acceptors (Lipinski definition) is 2. The van der Waals surface area contributed by atoms with E-state index in [9.17, 15) is 0 Å². The normalized spacial score (nSPS) is 26.7. The molecule has 1 aliphatic rings. The topological polar surface area (TPSA) is 38.4 Å².